The van der Waals surface area contributed by atoms with E-state index >= 15 is 0 Å². The van der Waals surface area contributed by atoms with Crippen LogP contribution in [-0.2, 0) is 0 Å². The molecule has 2 N–H and O–H groups in total. The molecule has 0 aliphatic carbocycles. The molecule has 4 nitrogen and oxygen atoms in total. The molecular weight excluding hydrogens is 311 g/mol. The second-order valence-electron chi connectivity index (χ2n) is 3.60. The van der Waals surface area contributed by atoms with Crippen LogP contribution in [0.1, 0.15) is 10.4 Å². The molecule has 0 fully saturated rings. The first-order chi connectivity index (χ1) is 8.99. The number of aromatic carboxylic acids is 1. The highest BCUT2D eigenvalue weighted by Crippen LogP contribution is 2.34. The zero-order chi connectivity index (χ0) is 14.0. The minimum absolute atomic E-state index is 0.0807. The predicted molar refractivity (Wildman–Crippen MR) is 76.0 cm³/mol. The average molecular weight is 318 g/mol. The van der Waals surface area contributed by atoms with Crippen LogP contribution in [0, 0.1) is 0 Å². The summed E-state index contributed by atoms with van der Waals surface area (Å²) in [5.74, 6) is -1.07. The summed E-state index contributed by atoms with van der Waals surface area (Å²) in [5, 5.41) is 12.9. The molecular formula is C12H7Cl3N2O2. The van der Waals surface area contributed by atoms with Gasteiger partial charge in [-0.1, -0.05) is 34.8 Å². The Kier molecular flexibility index (Phi) is 4.14. The van der Waals surface area contributed by atoms with Crippen molar-refractivity contribution < 1.29 is 9.90 Å². The summed E-state index contributed by atoms with van der Waals surface area (Å²) < 4.78 is 0. The number of nitrogens with zero attached hydrogens (tertiary/aromatic N) is 1. The Bertz CT molecular complexity index is 647. The Morgan fingerprint density at radius 3 is 2.47 bits per heavy atom. The maximum atomic E-state index is 11.1. The molecule has 2 aromatic rings. The number of pyridine rings is 1. The van der Waals surface area contributed by atoms with Gasteiger partial charge in [-0.15, -0.1) is 0 Å². The zero-order valence-corrected chi connectivity index (χ0v) is 11.6. The van der Waals surface area contributed by atoms with Gasteiger partial charge in [0.15, 0.2) is 0 Å². The molecule has 19 heavy (non-hydrogen) atoms. The van der Waals surface area contributed by atoms with Gasteiger partial charge in [0.2, 0.25) is 0 Å². The molecule has 1 heterocycles. The van der Waals surface area contributed by atoms with Gasteiger partial charge in [0, 0.05) is 6.20 Å². The Morgan fingerprint density at radius 1 is 1.11 bits per heavy atom. The normalized spacial score (nSPS) is 10.3. The van der Waals surface area contributed by atoms with Gasteiger partial charge in [0.05, 0.1) is 38.2 Å². The van der Waals surface area contributed by atoms with Crippen molar-refractivity contribution in [1.29, 1.82) is 0 Å². The summed E-state index contributed by atoms with van der Waals surface area (Å²) in [6, 6.07) is 4.38. The van der Waals surface area contributed by atoms with Crippen molar-refractivity contribution >= 4 is 52.1 Å². The third-order valence-corrected chi connectivity index (χ3v) is 3.37. The van der Waals surface area contributed by atoms with Crippen molar-refractivity contribution in [3.8, 4) is 0 Å². The molecule has 0 saturated carbocycles. The molecule has 0 radical (unpaired) electrons. The van der Waals surface area contributed by atoms with Crippen LogP contribution >= 0.6 is 34.8 Å². The predicted octanol–water partition coefficient (Wildman–Crippen LogP) is 4.48. The fourth-order valence-electron chi connectivity index (χ4n) is 1.44. The highest BCUT2D eigenvalue weighted by molar-refractivity contribution is 6.44. The number of hydrogen-bond donors (Lipinski definition) is 2. The second-order valence-corrected chi connectivity index (χ2v) is 4.82. The van der Waals surface area contributed by atoms with Gasteiger partial charge < -0.3 is 10.4 Å². The monoisotopic (exact) mass is 316 g/mol. The van der Waals surface area contributed by atoms with Crippen LogP contribution in [0.2, 0.25) is 15.1 Å². The van der Waals surface area contributed by atoms with Crippen molar-refractivity contribution in [2.75, 3.05) is 5.32 Å². The van der Waals surface area contributed by atoms with E-state index in [4.69, 9.17) is 39.9 Å². The number of aromatic nitrogens is 1. The minimum atomic E-state index is -1.07. The lowest BCUT2D eigenvalue weighted by Crippen LogP contribution is -2.03. The van der Waals surface area contributed by atoms with E-state index in [9.17, 15) is 4.79 Å². The minimum Gasteiger partial charge on any atom is -0.478 e. The molecule has 0 spiro atoms. The number of halogens is 3. The summed E-state index contributed by atoms with van der Waals surface area (Å²) in [6.45, 7) is 0. The molecule has 0 atom stereocenters. The molecule has 98 valence electrons. The molecule has 0 aliphatic rings. The van der Waals surface area contributed by atoms with Crippen molar-refractivity contribution in [3.05, 3.63) is 51.2 Å². The lowest BCUT2D eigenvalue weighted by Gasteiger charge is -2.11. The highest BCUT2D eigenvalue weighted by atomic mass is 35.5. The smallest absolute Gasteiger partial charge is 0.337 e. The second kappa shape index (κ2) is 5.65. The molecule has 0 amide bonds. The van der Waals surface area contributed by atoms with Gasteiger partial charge in [-0.2, -0.15) is 0 Å². The Morgan fingerprint density at radius 2 is 1.79 bits per heavy atom. The van der Waals surface area contributed by atoms with Gasteiger partial charge in [-0.05, 0) is 18.2 Å². The van der Waals surface area contributed by atoms with Gasteiger partial charge >= 0.3 is 5.97 Å². The van der Waals surface area contributed by atoms with Gasteiger partial charge in [0.1, 0.15) is 0 Å². The van der Waals surface area contributed by atoms with Crippen molar-refractivity contribution in [2.24, 2.45) is 0 Å². The van der Waals surface area contributed by atoms with E-state index in [1.54, 1.807) is 0 Å². The van der Waals surface area contributed by atoms with Crippen molar-refractivity contribution in [1.82, 2.24) is 4.98 Å². The van der Waals surface area contributed by atoms with Crippen LogP contribution in [0.25, 0.3) is 0 Å². The molecule has 7 heteroatoms. The van der Waals surface area contributed by atoms with E-state index in [-0.39, 0.29) is 5.56 Å². The van der Waals surface area contributed by atoms with E-state index in [0.29, 0.717) is 26.4 Å². The summed E-state index contributed by atoms with van der Waals surface area (Å²) in [4.78, 5) is 14.9. The number of anilines is 2. The molecule has 2 rings (SSSR count). The highest BCUT2D eigenvalue weighted by Gasteiger charge is 2.12. The summed E-state index contributed by atoms with van der Waals surface area (Å²) >= 11 is 17.7. The largest absolute Gasteiger partial charge is 0.478 e. The fraction of sp³-hybridized carbons (Fsp3) is 0. The number of carboxylic acids is 1. The molecule has 1 aromatic carbocycles. The summed E-state index contributed by atoms with van der Waals surface area (Å²) in [6.07, 6.45) is 2.79. The molecule has 0 bridgehead atoms. The average Bonchev–Trinajstić information content (AvgIpc) is 2.36. The van der Waals surface area contributed by atoms with Crippen LogP contribution in [0.5, 0.6) is 0 Å². The molecule has 0 saturated heterocycles. The number of carbonyl (C=O) groups is 1. The maximum absolute atomic E-state index is 11.1. The number of nitrogens with one attached hydrogen (secondary N) is 1. The van der Waals surface area contributed by atoms with E-state index in [1.807, 2.05) is 0 Å². The van der Waals surface area contributed by atoms with Crippen molar-refractivity contribution in [3.63, 3.8) is 0 Å². The number of benzene rings is 1. The Hall–Kier alpha value is -1.49. The van der Waals surface area contributed by atoms with Gasteiger partial charge in [-0.3, -0.25) is 4.98 Å². The first kappa shape index (κ1) is 13.9. The van der Waals surface area contributed by atoms with Gasteiger partial charge in [0.25, 0.3) is 0 Å². The van der Waals surface area contributed by atoms with E-state index in [2.05, 4.69) is 10.3 Å². The SMILES string of the molecule is O=C(O)c1ccncc1Nc1cc(Cl)c(Cl)cc1Cl. The molecule has 1 aromatic heterocycles. The van der Waals surface area contributed by atoms with Crippen LogP contribution in [0.15, 0.2) is 30.6 Å². The third kappa shape index (κ3) is 3.10. The standard InChI is InChI=1S/C12H7Cl3N2O2/c13-7-3-9(15)10(4-8(7)14)17-11-5-16-2-1-6(11)12(18)19/h1-5,17H,(H,18,19). The van der Waals surface area contributed by atoms with Crippen LogP contribution in [0.3, 0.4) is 0 Å². The first-order valence-electron chi connectivity index (χ1n) is 5.08. The third-order valence-electron chi connectivity index (χ3n) is 2.33. The number of carboxylic acid groups (broad SMARTS) is 1. The first-order valence-corrected chi connectivity index (χ1v) is 6.21. The van der Waals surface area contributed by atoms with E-state index < -0.39 is 5.97 Å². The lowest BCUT2D eigenvalue weighted by molar-refractivity contribution is 0.0698. The fourth-order valence-corrected chi connectivity index (χ4v) is 2.04. The topological polar surface area (TPSA) is 62.2 Å². The van der Waals surface area contributed by atoms with Crippen LogP contribution < -0.4 is 5.32 Å². The van der Waals surface area contributed by atoms with Crippen molar-refractivity contribution in [2.45, 2.75) is 0 Å². The molecule has 0 unspecified atom stereocenters. The number of hydrogen-bond acceptors (Lipinski definition) is 3. The van der Waals surface area contributed by atoms with E-state index in [0.717, 1.165) is 0 Å². The Labute approximate surface area is 123 Å². The Balaban J connectivity index is 2.42. The van der Waals surface area contributed by atoms with Gasteiger partial charge in [-0.25, -0.2) is 4.79 Å². The summed E-state index contributed by atoms with van der Waals surface area (Å²) in [5.41, 5.74) is 0.846. The maximum Gasteiger partial charge on any atom is 0.337 e. The van der Waals surface area contributed by atoms with Crippen LogP contribution in [-0.4, -0.2) is 16.1 Å². The lowest BCUT2D eigenvalue weighted by atomic mass is 10.2. The molecule has 0 aliphatic heterocycles. The zero-order valence-electron chi connectivity index (χ0n) is 9.32. The van der Waals surface area contributed by atoms with E-state index in [1.165, 1.54) is 30.6 Å². The van der Waals surface area contributed by atoms with Crippen LogP contribution in [0.4, 0.5) is 11.4 Å². The quantitative estimate of drug-likeness (QED) is 0.819. The number of rotatable bonds is 3. The summed E-state index contributed by atoms with van der Waals surface area (Å²) in [7, 11) is 0.